The molecule has 0 spiro atoms. The lowest BCUT2D eigenvalue weighted by Crippen LogP contribution is -2.43. The van der Waals surface area contributed by atoms with Crippen molar-refractivity contribution in [1.29, 1.82) is 0 Å². The summed E-state index contributed by atoms with van der Waals surface area (Å²) in [4.78, 5) is 38.9. The van der Waals surface area contributed by atoms with Gasteiger partial charge in [0.25, 0.3) is 11.8 Å². The zero-order chi connectivity index (χ0) is 20.7. The highest BCUT2D eigenvalue weighted by atomic mass is 35.5. The highest BCUT2D eigenvalue weighted by Gasteiger charge is 2.55. The SMILES string of the molecule is Cc1ccc(N2C(=O)C3N=NN(CC(=O)Nc4ccccc4F)C3C2=O)cc1Cl. The summed E-state index contributed by atoms with van der Waals surface area (Å²) in [5.41, 5.74) is 1.15. The molecular weight excluding hydrogens is 401 g/mol. The van der Waals surface area contributed by atoms with Gasteiger partial charge >= 0.3 is 0 Å². The van der Waals surface area contributed by atoms with Crippen molar-refractivity contribution in [1.82, 2.24) is 5.01 Å². The number of para-hydroxylation sites is 1. The molecule has 3 amide bonds. The summed E-state index contributed by atoms with van der Waals surface area (Å²) in [5, 5.41) is 11.6. The standard InChI is InChI=1S/C19H15ClFN5O3/c1-10-6-7-11(8-12(10)20)26-18(28)16-17(19(26)29)25(24-23-16)9-15(27)22-14-5-3-2-4-13(14)21/h2-8,16-17H,9H2,1H3,(H,22,27). The molecule has 10 heteroatoms. The van der Waals surface area contributed by atoms with E-state index >= 15 is 0 Å². The number of nitrogens with one attached hydrogen (secondary N) is 1. The lowest BCUT2D eigenvalue weighted by molar-refractivity contribution is -0.123. The molecule has 0 saturated carbocycles. The lowest BCUT2D eigenvalue weighted by atomic mass is 10.1. The summed E-state index contributed by atoms with van der Waals surface area (Å²) in [7, 11) is 0. The van der Waals surface area contributed by atoms with Gasteiger partial charge in [-0.2, -0.15) is 5.11 Å². The third kappa shape index (κ3) is 3.33. The molecule has 2 aromatic rings. The van der Waals surface area contributed by atoms with E-state index in [1.54, 1.807) is 25.1 Å². The molecule has 2 aromatic carbocycles. The molecule has 4 rings (SSSR count). The number of nitrogens with zero attached hydrogens (tertiary/aromatic N) is 4. The van der Waals surface area contributed by atoms with Crippen LogP contribution in [0.3, 0.4) is 0 Å². The molecule has 8 nitrogen and oxygen atoms in total. The molecule has 0 aromatic heterocycles. The molecule has 2 aliphatic rings. The van der Waals surface area contributed by atoms with Crippen LogP contribution in [0.15, 0.2) is 52.8 Å². The van der Waals surface area contributed by atoms with Crippen LogP contribution in [0.4, 0.5) is 15.8 Å². The minimum atomic E-state index is -1.04. The molecular formula is C19H15ClFN5O3. The van der Waals surface area contributed by atoms with Crippen molar-refractivity contribution in [2.24, 2.45) is 10.3 Å². The number of carbonyl (C=O) groups excluding carboxylic acids is 3. The molecule has 29 heavy (non-hydrogen) atoms. The van der Waals surface area contributed by atoms with Gasteiger partial charge in [-0.15, -0.1) is 0 Å². The van der Waals surface area contributed by atoms with Gasteiger partial charge in [-0.05, 0) is 36.8 Å². The van der Waals surface area contributed by atoms with Crippen molar-refractivity contribution in [2.45, 2.75) is 19.0 Å². The lowest BCUT2D eigenvalue weighted by Gasteiger charge is -2.20. The van der Waals surface area contributed by atoms with Crippen LogP contribution in [0.1, 0.15) is 5.56 Å². The van der Waals surface area contributed by atoms with E-state index in [4.69, 9.17) is 11.6 Å². The van der Waals surface area contributed by atoms with Crippen molar-refractivity contribution >= 4 is 40.7 Å². The van der Waals surface area contributed by atoms with Crippen molar-refractivity contribution in [2.75, 3.05) is 16.8 Å². The van der Waals surface area contributed by atoms with Crippen LogP contribution in [0.5, 0.6) is 0 Å². The van der Waals surface area contributed by atoms with Crippen molar-refractivity contribution < 1.29 is 18.8 Å². The van der Waals surface area contributed by atoms with Gasteiger partial charge in [0.1, 0.15) is 12.4 Å². The fourth-order valence-corrected chi connectivity index (χ4v) is 3.40. The van der Waals surface area contributed by atoms with Crippen LogP contribution in [0.2, 0.25) is 5.02 Å². The highest BCUT2D eigenvalue weighted by molar-refractivity contribution is 6.32. The Bertz CT molecular complexity index is 1060. The smallest absolute Gasteiger partial charge is 0.263 e. The number of fused-ring (bicyclic) bond motifs is 1. The molecule has 148 valence electrons. The summed E-state index contributed by atoms with van der Waals surface area (Å²) in [6.45, 7) is 1.44. The predicted molar refractivity (Wildman–Crippen MR) is 103 cm³/mol. The molecule has 0 radical (unpaired) electrons. The molecule has 2 aliphatic heterocycles. The highest BCUT2D eigenvalue weighted by Crippen LogP contribution is 2.33. The number of imide groups is 1. The first-order valence-corrected chi connectivity index (χ1v) is 9.10. The second kappa shape index (κ2) is 7.25. The van der Waals surface area contributed by atoms with Crippen LogP contribution < -0.4 is 10.2 Å². The van der Waals surface area contributed by atoms with Gasteiger partial charge in [0.2, 0.25) is 5.91 Å². The van der Waals surface area contributed by atoms with E-state index in [-0.39, 0.29) is 12.2 Å². The number of carbonyl (C=O) groups is 3. The van der Waals surface area contributed by atoms with E-state index in [2.05, 4.69) is 15.7 Å². The Kier molecular flexibility index (Phi) is 4.75. The Morgan fingerprint density at radius 2 is 1.97 bits per heavy atom. The van der Waals surface area contributed by atoms with E-state index < -0.39 is 35.6 Å². The number of hydrogen-bond donors (Lipinski definition) is 1. The third-order valence-electron chi connectivity index (χ3n) is 4.73. The van der Waals surface area contributed by atoms with Gasteiger partial charge in [-0.25, -0.2) is 9.29 Å². The summed E-state index contributed by atoms with van der Waals surface area (Å²) in [6.07, 6.45) is 0. The molecule has 1 N–H and O–H groups in total. The fourth-order valence-electron chi connectivity index (χ4n) is 3.23. The number of rotatable bonds is 4. The summed E-state index contributed by atoms with van der Waals surface area (Å²) >= 11 is 6.11. The largest absolute Gasteiger partial charge is 0.322 e. The van der Waals surface area contributed by atoms with Gasteiger partial charge in [-0.3, -0.25) is 19.4 Å². The van der Waals surface area contributed by atoms with Gasteiger partial charge < -0.3 is 5.32 Å². The molecule has 2 atom stereocenters. The zero-order valence-corrected chi connectivity index (χ0v) is 15.9. The Morgan fingerprint density at radius 1 is 1.21 bits per heavy atom. The number of hydrogen-bond acceptors (Lipinski definition) is 6. The van der Waals surface area contributed by atoms with Crippen LogP contribution in [0.25, 0.3) is 0 Å². The second-order valence-electron chi connectivity index (χ2n) is 6.67. The maximum absolute atomic E-state index is 13.7. The number of halogens is 2. The summed E-state index contributed by atoms with van der Waals surface area (Å²) in [6, 6.07) is 8.47. The van der Waals surface area contributed by atoms with E-state index in [0.717, 1.165) is 15.5 Å². The van der Waals surface area contributed by atoms with Crippen LogP contribution in [-0.2, 0) is 14.4 Å². The molecule has 1 fully saturated rings. The normalized spacial score (nSPS) is 20.4. The first kappa shape index (κ1) is 19.0. The second-order valence-corrected chi connectivity index (χ2v) is 7.07. The first-order chi connectivity index (χ1) is 13.9. The first-order valence-electron chi connectivity index (χ1n) is 8.72. The molecule has 2 unspecified atom stereocenters. The van der Waals surface area contributed by atoms with Crippen molar-refractivity contribution in [3.8, 4) is 0 Å². The van der Waals surface area contributed by atoms with E-state index in [0.29, 0.717) is 10.7 Å². The molecule has 0 aliphatic carbocycles. The number of anilines is 2. The predicted octanol–water partition coefficient (Wildman–Crippen LogP) is 2.72. The van der Waals surface area contributed by atoms with Crippen LogP contribution in [-0.4, -0.2) is 41.4 Å². The van der Waals surface area contributed by atoms with Gasteiger partial charge in [0.15, 0.2) is 12.1 Å². The molecule has 2 heterocycles. The maximum atomic E-state index is 13.7. The summed E-state index contributed by atoms with van der Waals surface area (Å²) in [5.74, 6) is -2.27. The number of aryl methyl sites for hydroxylation is 1. The minimum Gasteiger partial charge on any atom is -0.322 e. The fraction of sp³-hybridized carbons (Fsp3) is 0.211. The quantitative estimate of drug-likeness (QED) is 0.777. The Morgan fingerprint density at radius 3 is 2.69 bits per heavy atom. The van der Waals surface area contributed by atoms with E-state index in [1.807, 2.05) is 0 Å². The Labute approximate surface area is 169 Å². The monoisotopic (exact) mass is 415 g/mol. The zero-order valence-electron chi connectivity index (χ0n) is 15.2. The topological polar surface area (TPSA) is 94.4 Å². The Balaban J connectivity index is 1.51. The van der Waals surface area contributed by atoms with Crippen LogP contribution in [0, 0.1) is 12.7 Å². The number of amides is 3. The van der Waals surface area contributed by atoms with Gasteiger partial charge in [-0.1, -0.05) is 35.0 Å². The number of benzene rings is 2. The van der Waals surface area contributed by atoms with E-state index in [9.17, 15) is 18.8 Å². The molecule has 1 saturated heterocycles. The third-order valence-corrected chi connectivity index (χ3v) is 5.13. The van der Waals surface area contributed by atoms with Gasteiger partial charge in [0.05, 0.1) is 11.4 Å². The maximum Gasteiger partial charge on any atom is 0.263 e. The van der Waals surface area contributed by atoms with Crippen molar-refractivity contribution in [3.05, 3.63) is 58.9 Å². The Hall–Kier alpha value is -3.33. The van der Waals surface area contributed by atoms with Gasteiger partial charge in [0, 0.05) is 5.02 Å². The van der Waals surface area contributed by atoms with Crippen LogP contribution >= 0.6 is 11.6 Å². The summed E-state index contributed by atoms with van der Waals surface area (Å²) < 4.78 is 13.7. The minimum absolute atomic E-state index is 0.00920. The average molecular weight is 416 g/mol. The average Bonchev–Trinajstić information content (AvgIpc) is 3.20. The molecule has 0 bridgehead atoms. The van der Waals surface area contributed by atoms with Crippen molar-refractivity contribution in [3.63, 3.8) is 0 Å². The van der Waals surface area contributed by atoms with E-state index in [1.165, 1.54) is 24.3 Å².